The molecule has 3 rings (SSSR count). The Morgan fingerprint density at radius 1 is 1.10 bits per heavy atom. The summed E-state index contributed by atoms with van der Waals surface area (Å²) < 4.78 is 39.6. The minimum absolute atomic E-state index is 0.0129. The highest BCUT2D eigenvalue weighted by molar-refractivity contribution is 7.12. The zero-order valence-corrected chi connectivity index (χ0v) is 17.2. The standard InChI is InChI=1S/C21H16ClF3N2O2S/c1-27(12-14-5-2-3-6-15(14)21(23,24)25)20(29)13-8-9-16(22)17(11-13)26-19(28)18-7-4-10-30-18/h2-11H,12H2,1H3,(H,26,28). The number of carbonyl (C=O) groups is 2. The smallest absolute Gasteiger partial charge is 0.337 e. The quantitative estimate of drug-likeness (QED) is 0.520. The first kappa shape index (κ1) is 21.9. The minimum atomic E-state index is -4.51. The van der Waals surface area contributed by atoms with Crippen molar-refractivity contribution < 1.29 is 22.8 Å². The van der Waals surface area contributed by atoms with Gasteiger partial charge in [-0.15, -0.1) is 11.3 Å². The van der Waals surface area contributed by atoms with E-state index in [1.165, 1.54) is 59.7 Å². The molecular weight excluding hydrogens is 437 g/mol. The van der Waals surface area contributed by atoms with Gasteiger partial charge >= 0.3 is 6.18 Å². The Hall–Kier alpha value is -2.84. The maximum absolute atomic E-state index is 13.2. The van der Waals surface area contributed by atoms with Gasteiger partial charge in [-0.2, -0.15) is 13.2 Å². The van der Waals surface area contributed by atoms with Crippen LogP contribution in [0.15, 0.2) is 60.0 Å². The van der Waals surface area contributed by atoms with E-state index < -0.39 is 17.6 Å². The van der Waals surface area contributed by atoms with Crippen molar-refractivity contribution in [1.29, 1.82) is 0 Å². The zero-order valence-electron chi connectivity index (χ0n) is 15.7. The molecule has 0 fully saturated rings. The molecule has 30 heavy (non-hydrogen) atoms. The maximum atomic E-state index is 13.2. The number of amides is 2. The third kappa shape index (κ3) is 5.01. The molecule has 2 aromatic carbocycles. The lowest BCUT2D eigenvalue weighted by atomic mass is 10.1. The van der Waals surface area contributed by atoms with Gasteiger partial charge in [0.1, 0.15) is 0 Å². The number of benzene rings is 2. The predicted octanol–water partition coefficient (Wildman–Crippen LogP) is 5.94. The molecule has 0 radical (unpaired) electrons. The molecule has 3 aromatic rings. The van der Waals surface area contributed by atoms with Crippen molar-refractivity contribution >= 4 is 40.4 Å². The fraction of sp³-hybridized carbons (Fsp3) is 0.143. The van der Waals surface area contributed by atoms with Gasteiger partial charge in [0.2, 0.25) is 0 Å². The summed E-state index contributed by atoms with van der Waals surface area (Å²) in [6.07, 6.45) is -4.51. The van der Waals surface area contributed by atoms with Crippen LogP contribution < -0.4 is 5.32 Å². The van der Waals surface area contributed by atoms with Crippen molar-refractivity contribution in [1.82, 2.24) is 4.90 Å². The number of halogens is 4. The van der Waals surface area contributed by atoms with Crippen molar-refractivity contribution in [2.75, 3.05) is 12.4 Å². The van der Waals surface area contributed by atoms with Crippen molar-refractivity contribution in [3.63, 3.8) is 0 Å². The van der Waals surface area contributed by atoms with Crippen LogP contribution in [0.4, 0.5) is 18.9 Å². The fourth-order valence-corrected chi connectivity index (χ4v) is 3.61. The molecule has 0 aliphatic rings. The highest BCUT2D eigenvalue weighted by Gasteiger charge is 2.33. The maximum Gasteiger partial charge on any atom is 0.416 e. The molecule has 1 heterocycles. The Morgan fingerprint density at radius 2 is 1.83 bits per heavy atom. The summed E-state index contributed by atoms with van der Waals surface area (Å²) >= 11 is 7.38. The van der Waals surface area contributed by atoms with Crippen LogP contribution in [0, 0.1) is 0 Å². The van der Waals surface area contributed by atoms with Crippen LogP contribution in [0.3, 0.4) is 0 Å². The van der Waals surface area contributed by atoms with Gasteiger partial charge in [0, 0.05) is 19.2 Å². The van der Waals surface area contributed by atoms with E-state index in [0.717, 1.165) is 6.07 Å². The number of rotatable bonds is 5. The fourth-order valence-electron chi connectivity index (χ4n) is 2.83. The lowest BCUT2D eigenvalue weighted by Crippen LogP contribution is -2.27. The third-order valence-corrected chi connectivity index (χ3v) is 5.48. The number of anilines is 1. The summed E-state index contributed by atoms with van der Waals surface area (Å²) in [5, 5.41) is 4.64. The van der Waals surface area contributed by atoms with Gasteiger partial charge < -0.3 is 10.2 Å². The van der Waals surface area contributed by atoms with Crippen LogP contribution in [0.25, 0.3) is 0 Å². The van der Waals surface area contributed by atoms with Crippen molar-refractivity contribution in [2.45, 2.75) is 12.7 Å². The average molecular weight is 453 g/mol. The van der Waals surface area contributed by atoms with Crippen LogP contribution in [0.2, 0.25) is 5.02 Å². The zero-order chi connectivity index (χ0) is 21.9. The van der Waals surface area contributed by atoms with E-state index in [2.05, 4.69) is 5.32 Å². The van der Waals surface area contributed by atoms with Gasteiger partial charge in [-0.1, -0.05) is 35.9 Å². The molecule has 0 unspecified atom stereocenters. The predicted molar refractivity (Wildman–Crippen MR) is 111 cm³/mol. The van der Waals surface area contributed by atoms with Gasteiger partial charge in [-0.25, -0.2) is 0 Å². The van der Waals surface area contributed by atoms with Gasteiger partial charge in [0.25, 0.3) is 11.8 Å². The van der Waals surface area contributed by atoms with E-state index >= 15 is 0 Å². The number of nitrogens with zero attached hydrogens (tertiary/aromatic N) is 1. The van der Waals surface area contributed by atoms with Crippen LogP contribution in [0.5, 0.6) is 0 Å². The van der Waals surface area contributed by atoms with Crippen LogP contribution in [0.1, 0.15) is 31.2 Å². The van der Waals surface area contributed by atoms with Gasteiger partial charge in [-0.05, 0) is 41.3 Å². The number of hydrogen-bond acceptors (Lipinski definition) is 3. The summed E-state index contributed by atoms with van der Waals surface area (Å²) in [5.74, 6) is -0.876. The molecular formula is C21H16ClF3N2O2S. The summed E-state index contributed by atoms with van der Waals surface area (Å²) in [7, 11) is 1.41. The average Bonchev–Trinajstić information content (AvgIpc) is 3.23. The summed E-state index contributed by atoms with van der Waals surface area (Å²) in [4.78, 5) is 26.7. The number of alkyl halides is 3. The molecule has 2 amide bonds. The van der Waals surface area contributed by atoms with E-state index in [0.29, 0.717) is 4.88 Å². The Morgan fingerprint density at radius 3 is 2.50 bits per heavy atom. The van der Waals surface area contributed by atoms with Crippen LogP contribution in [-0.4, -0.2) is 23.8 Å². The lowest BCUT2D eigenvalue weighted by molar-refractivity contribution is -0.138. The summed E-state index contributed by atoms with van der Waals surface area (Å²) in [5.41, 5.74) is -0.372. The molecule has 0 atom stereocenters. The number of carbonyl (C=O) groups excluding carboxylic acids is 2. The lowest BCUT2D eigenvalue weighted by Gasteiger charge is -2.21. The van der Waals surface area contributed by atoms with Gasteiger partial charge in [-0.3, -0.25) is 9.59 Å². The highest BCUT2D eigenvalue weighted by atomic mass is 35.5. The number of thiophene rings is 1. The summed E-state index contributed by atoms with van der Waals surface area (Å²) in [6.45, 7) is -0.228. The molecule has 0 spiro atoms. The largest absolute Gasteiger partial charge is 0.416 e. The van der Waals surface area contributed by atoms with Crippen LogP contribution in [-0.2, 0) is 12.7 Å². The van der Waals surface area contributed by atoms with Crippen LogP contribution >= 0.6 is 22.9 Å². The Kier molecular flexibility index (Phi) is 6.48. The second-order valence-electron chi connectivity index (χ2n) is 6.44. The topological polar surface area (TPSA) is 49.4 Å². The number of nitrogens with one attached hydrogen (secondary N) is 1. The SMILES string of the molecule is CN(Cc1ccccc1C(F)(F)F)C(=O)c1ccc(Cl)c(NC(=O)c2cccs2)c1. The van der Waals surface area contributed by atoms with E-state index in [1.54, 1.807) is 17.5 Å². The van der Waals surface area contributed by atoms with E-state index in [9.17, 15) is 22.8 Å². The van der Waals surface area contributed by atoms with Gasteiger partial charge in [0.15, 0.2) is 0 Å². The van der Waals surface area contributed by atoms with E-state index in [4.69, 9.17) is 11.6 Å². The van der Waals surface area contributed by atoms with Crippen molar-refractivity contribution in [2.24, 2.45) is 0 Å². The molecule has 0 saturated heterocycles. The van der Waals surface area contributed by atoms with E-state index in [1.807, 2.05) is 0 Å². The normalized spacial score (nSPS) is 11.2. The Labute approximate surface area is 179 Å². The first-order valence-electron chi connectivity index (χ1n) is 8.72. The summed E-state index contributed by atoms with van der Waals surface area (Å²) in [6, 6.07) is 12.8. The second-order valence-corrected chi connectivity index (χ2v) is 7.80. The first-order valence-corrected chi connectivity index (χ1v) is 9.97. The van der Waals surface area contributed by atoms with Crippen molar-refractivity contribution in [3.8, 4) is 0 Å². The van der Waals surface area contributed by atoms with E-state index in [-0.39, 0.29) is 34.3 Å². The van der Waals surface area contributed by atoms with Gasteiger partial charge in [0.05, 0.1) is 21.2 Å². The highest BCUT2D eigenvalue weighted by Crippen LogP contribution is 2.32. The minimum Gasteiger partial charge on any atom is -0.337 e. The second kappa shape index (κ2) is 8.89. The van der Waals surface area contributed by atoms with Crippen molar-refractivity contribution in [3.05, 3.63) is 86.6 Å². The molecule has 1 aromatic heterocycles. The Bertz CT molecular complexity index is 1070. The molecule has 0 aliphatic carbocycles. The molecule has 4 nitrogen and oxygen atoms in total. The monoisotopic (exact) mass is 452 g/mol. The molecule has 0 aliphatic heterocycles. The molecule has 156 valence electrons. The molecule has 0 bridgehead atoms. The Balaban J connectivity index is 1.79. The molecule has 1 N–H and O–H groups in total. The number of hydrogen-bond donors (Lipinski definition) is 1. The molecule has 0 saturated carbocycles. The third-order valence-electron chi connectivity index (χ3n) is 4.28. The first-order chi connectivity index (χ1) is 14.2. The molecule has 9 heteroatoms.